The van der Waals surface area contributed by atoms with Gasteiger partial charge >= 0.3 is 18.3 Å². The third-order valence-corrected chi connectivity index (χ3v) is 4.98. The van der Waals surface area contributed by atoms with E-state index in [4.69, 9.17) is 0 Å². The summed E-state index contributed by atoms with van der Waals surface area (Å²) in [6.07, 6.45) is -10.2. The van der Waals surface area contributed by atoms with Gasteiger partial charge in [0.05, 0.1) is 22.1 Å². The van der Waals surface area contributed by atoms with E-state index in [1.165, 1.54) is 7.05 Å². The summed E-state index contributed by atoms with van der Waals surface area (Å²) in [6.45, 7) is 1.57. The van der Waals surface area contributed by atoms with Gasteiger partial charge in [0.2, 0.25) is 0 Å². The van der Waals surface area contributed by atoms with E-state index >= 15 is 0 Å². The van der Waals surface area contributed by atoms with E-state index in [0.717, 1.165) is 11.8 Å². The molecule has 1 atom stereocenters. The van der Waals surface area contributed by atoms with Crippen LogP contribution in [0.15, 0.2) is 33.9 Å². The molecule has 3 N–H and O–H groups in total. The van der Waals surface area contributed by atoms with Crippen LogP contribution in [0, 0.1) is 0 Å². The SMILES string of the molecule is CCSc1cc(C(F)(F)C(F)(F)F)cnc1N(O)NC1CC(C(F)(F)F)=CNC1=NC. The van der Waals surface area contributed by atoms with E-state index in [9.17, 15) is 40.3 Å². The number of hydrogen-bond donors (Lipinski definition) is 3. The van der Waals surface area contributed by atoms with Crippen molar-refractivity contribution in [3.8, 4) is 0 Å². The van der Waals surface area contributed by atoms with E-state index in [2.05, 4.69) is 20.7 Å². The Morgan fingerprint density at radius 1 is 1.26 bits per heavy atom. The predicted molar refractivity (Wildman–Crippen MR) is 97.0 cm³/mol. The van der Waals surface area contributed by atoms with Crippen molar-refractivity contribution in [2.75, 3.05) is 18.0 Å². The second-order valence-corrected chi connectivity index (χ2v) is 7.47. The number of rotatable bonds is 6. The van der Waals surface area contributed by atoms with E-state index in [0.29, 0.717) is 12.3 Å². The lowest BCUT2D eigenvalue weighted by Crippen LogP contribution is -2.53. The molecule has 0 spiro atoms. The topological polar surface area (TPSA) is 72.8 Å². The van der Waals surface area contributed by atoms with Crippen LogP contribution in [0.1, 0.15) is 18.9 Å². The minimum Gasteiger partial charge on any atom is -0.349 e. The summed E-state index contributed by atoms with van der Waals surface area (Å²) in [5.74, 6) is -5.40. The number of nitrogens with zero attached hydrogens (tertiary/aromatic N) is 3. The molecule has 0 amide bonds. The molecule has 0 aliphatic carbocycles. The molecule has 1 unspecified atom stereocenters. The smallest absolute Gasteiger partial charge is 0.349 e. The van der Waals surface area contributed by atoms with Gasteiger partial charge in [0.25, 0.3) is 0 Å². The van der Waals surface area contributed by atoms with Gasteiger partial charge in [-0.1, -0.05) is 6.92 Å². The first-order valence-electron chi connectivity index (χ1n) is 8.54. The van der Waals surface area contributed by atoms with Crippen LogP contribution in [0.4, 0.5) is 40.9 Å². The van der Waals surface area contributed by atoms with Crippen LogP contribution in [0.5, 0.6) is 0 Å². The van der Waals surface area contributed by atoms with Crippen molar-refractivity contribution in [2.24, 2.45) is 4.99 Å². The Hall–Kier alpha value is -2.13. The minimum absolute atomic E-state index is 0.0250. The largest absolute Gasteiger partial charge is 0.458 e. The van der Waals surface area contributed by atoms with Crippen molar-refractivity contribution in [2.45, 2.75) is 42.6 Å². The van der Waals surface area contributed by atoms with Gasteiger partial charge in [-0.2, -0.15) is 45.7 Å². The maximum Gasteiger partial charge on any atom is 0.458 e. The van der Waals surface area contributed by atoms with Crippen LogP contribution in [0.25, 0.3) is 0 Å². The molecule has 0 radical (unpaired) electrons. The molecule has 0 bridgehead atoms. The second kappa shape index (κ2) is 9.16. The Morgan fingerprint density at radius 3 is 2.42 bits per heavy atom. The highest BCUT2D eigenvalue weighted by Crippen LogP contribution is 2.45. The molecule has 0 saturated heterocycles. The number of amidine groups is 1. The Kier molecular flexibility index (Phi) is 7.43. The maximum atomic E-state index is 13.6. The standard InChI is InChI=1S/C16H17F8N5OS/c1-3-31-11-5-8(14(17,18)16(22,23)24)6-27-13(11)29(30)28-10-4-9(15(19,20)21)7-26-12(10)25-2/h5-7,10,28,30H,3-4H2,1-2H3,(H,25,26). The molecule has 0 saturated carbocycles. The molecular weight excluding hydrogens is 462 g/mol. The molecule has 2 heterocycles. The zero-order valence-corrected chi connectivity index (χ0v) is 16.8. The summed E-state index contributed by atoms with van der Waals surface area (Å²) in [5, 5.41) is 12.8. The van der Waals surface area contributed by atoms with Crippen molar-refractivity contribution in [3.05, 3.63) is 29.6 Å². The van der Waals surface area contributed by atoms with Gasteiger partial charge < -0.3 is 5.32 Å². The number of alkyl halides is 8. The van der Waals surface area contributed by atoms with Crippen molar-refractivity contribution in [3.63, 3.8) is 0 Å². The summed E-state index contributed by atoms with van der Waals surface area (Å²) in [5.41, 5.74) is -0.101. The predicted octanol–water partition coefficient (Wildman–Crippen LogP) is 4.38. The van der Waals surface area contributed by atoms with Crippen molar-refractivity contribution in [1.82, 2.24) is 15.7 Å². The van der Waals surface area contributed by atoms with Crippen LogP contribution < -0.4 is 15.9 Å². The first-order valence-corrected chi connectivity index (χ1v) is 9.53. The molecule has 15 heteroatoms. The van der Waals surface area contributed by atoms with Gasteiger partial charge in [-0.25, -0.2) is 4.98 Å². The minimum atomic E-state index is -5.86. The molecule has 6 nitrogen and oxygen atoms in total. The fraction of sp³-hybridized carbons (Fsp3) is 0.500. The number of aliphatic imine (C=N–C) groups is 1. The average Bonchev–Trinajstić information content (AvgIpc) is 2.66. The highest BCUT2D eigenvalue weighted by molar-refractivity contribution is 7.99. The number of nitrogens with one attached hydrogen (secondary N) is 2. The highest BCUT2D eigenvalue weighted by Gasteiger charge is 2.59. The monoisotopic (exact) mass is 479 g/mol. The summed E-state index contributed by atoms with van der Waals surface area (Å²) >= 11 is 0.802. The van der Waals surface area contributed by atoms with Crippen LogP contribution in [-0.4, -0.2) is 47.2 Å². The van der Waals surface area contributed by atoms with Crippen LogP contribution in [0.2, 0.25) is 0 Å². The lowest BCUT2D eigenvalue weighted by atomic mass is 10.0. The van der Waals surface area contributed by atoms with Crippen LogP contribution in [-0.2, 0) is 5.92 Å². The lowest BCUT2D eigenvalue weighted by Gasteiger charge is -2.31. The first kappa shape index (κ1) is 25.1. The molecule has 31 heavy (non-hydrogen) atoms. The molecule has 1 aromatic heterocycles. The number of anilines is 1. The molecule has 1 aromatic rings. The average molecular weight is 479 g/mol. The normalized spacial score (nSPS) is 19.3. The van der Waals surface area contributed by atoms with Gasteiger partial charge in [0.1, 0.15) is 5.84 Å². The Labute approximate surface area is 175 Å². The molecule has 1 aliphatic rings. The number of thioether (sulfide) groups is 1. The van der Waals surface area contributed by atoms with Gasteiger partial charge in [0.15, 0.2) is 5.82 Å². The van der Waals surface area contributed by atoms with E-state index in [1.807, 2.05) is 0 Å². The Morgan fingerprint density at radius 2 is 1.90 bits per heavy atom. The summed E-state index contributed by atoms with van der Waals surface area (Å²) in [6, 6.07) is -0.696. The van der Waals surface area contributed by atoms with Gasteiger partial charge in [0, 0.05) is 25.9 Å². The summed E-state index contributed by atoms with van der Waals surface area (Å²) in [7, 11) is 1.29. The van der Waals surface area contributed by atoms with Crippen LogP contribution in [0.3, 0.4) is 0 Å². The van der Waals surface area contributed by atoms with Gasteiger partial charge in [-0.3, -0.25) is 10.2 Å². The molecule has 2 rings (SSSR count). The van der Waals surface area contributed by atoms with Crippen molar-refractivity contribution >= 4 is 23.4 Å². The Balaban J connectivity index is 2.34. The number of hydrogen-bond acceptors (Lipinski definition) is 6. The fourth-order valence-electron chi connectivity index (χ4n) is 2.56. The lowest BCUT2D eigenvalue weighted by molar-refractivity contribution is -0.289. The second-order valence-electron chi connectivity index (χ2n) is 6.17. The number of aromatic nitrogens is 1. The third kappa shape index (κ3) is 5.57. The van der Waals surface area contributed by atoms with E-state index in [1.54, 1.807) is 6.92 Å². The number of halogens is 8. The van der Waals surface area contributed by atoms with Gasteiger partial charge in [-0.05, 0) is 11.8 Å². The van der Waals surface area contributed by atoms with E-state index in [-0.39, 0.29) is 27.9 Å². The summed E-state index contributed by atoms with van der Waals surface area (Å²) < 4.78 is 104. The molecule has 0 aromatic carbocycles. The zero-order chi connectivity index (χ0) is 23.6. The van der Waals surface area contributed by atoms with Crippen molar-refractivity contribution in [1.29, 1.82) is 0 Å². The quantitative estimate of drug-likeness (QED) is 0.320. The Bertz CT molecular complexity index is 855. The highest BCUT2D eigenvalue weighted by atomic mass is 32.2. The first-order chi connectivity index (χ1) is 14.2. The maximum absolute atomic E-state index is 13.6. The fourth-order valence-corrected chi connectivity index (χ4v) is 3.35. The third-order valence-electron chi connectivity index (χ3n) is 4.08. The molecule has 0 fully saturated rings. The van der Waals surface area contributed by atoms with E-state index < -0.39 is 47.7 Å². The molecular formula is C16H17F8N5OS. The summed E-state index contributed by atoms with van der Waals surface area (Å²) in [4.78, 5) is 7.00. The van der Waals surface area contributed by atoms with Gasteiger partial charge in [-0.15, -0.1) is 11.8 Å². The molecule has 1 aliphatic heterocycles. The zero-order valence-electron chi connectivity index (χ0n) is 15.9. The number of hydrazine groups is 1. The van der Waals surface area contributed by atoms with Crippen LogP contribution >= 0.6 is 11.8 Å². The van der Waals surface area contributed by atoms with Crippen molar-refractivity contribution < 1.29 is 40.3 Å². The number of pyridine rings is 1. The molecule has 174 valence electrons.